The molecule has 7 nitrogen and oxygen atoms in total. The minimum Gasteiger partial charge on any atom is -0.453 e. The van der Waals surface area contributed by atoms with Crippen LogP contribution in [0.2, 0.25) is 0 Å². The third-order valence-electron chi connectivity index (χ3n) is 4.73. The number of anilines is 1. The van der Waals surface area contributed by atoms with E-state index in [2.05, 4.69) is 15.4 Å². The van der Waals surface area contributed by atoms with Crippen LogP contribution in [0.25, 0.3) is 5.65 Å². The maximum atomic E-state index is 13.2. The molecule has 3 rings (SSSR count). The molecule has 0 aliphatic carbocycles. The maximum Gasteiger partial charge on any atom is 0.306 e. The van der Waals surface area contributed by atoms with Gasteiger partial charge in [-0.05, 0) is 51.8 Å². The molecule has 0 bridgehead atoms. The standard InChI is InChI=1S/C21H22F2N4O3/c1-11-9-19-24-12(2)16(13(3)27(19)26-11)6-8-20(28)30-14(4)21(29)25-15-5-7-17(22)18(23)10-15/h5,7,9-10,14H,6,8H2,1-4H3,(H,25,29)/t14-/m0/s1. The number of hydrogen-bond acceptors (Lipinski definition) is 5. The Morgan fingerprint density at radius 2 is 1.90 bits per heavy atom. The lowest BCUT2D eigenvalue weighted by molar-refractivity contribution is -0.153. The Balaban J connectivity index is 1.59. The second kappa shape index (κ2) is 8.56. The number of carbonyl (C=O) groups excluding carboxylic acids is 2. The Hall–Kier alpha value is -3.36. The van der Waals surface area contributed by atoms with Crippen molar-refractivity contribution in [2.24, 2.45) is 0 Å². The molecule has 0 saturated heterocycles. The molecule has 1 amide bonds. The average molecular weight is 416 g/mol. The van der Waals surface area contributed by atoms with Gasteiger partial charge in [0.05, 0.1) is 5.69 Å². The fraction of sp³-hybridized carbons (Fsp3) is 0.333. The zero-order chi connectivity index (χ0) is 22.0. The molecule has 9 heteroatoms. The van der Waals surface area contributed by atoms with Crippen LogP contribution in [0.1, 0.15) is 36.0 Å². The van der Waals surface area contributed by atoms with E-state index in [4.69, 9.17) is 4.74 Å². The van der Waals surface area contributed by atoms with Gasteiger partial charge >= 0.3 is 5.97 Å². The van der Waals surface area contributed by atoms with Gasteiger partial charge in [0, 0.05) is 35.6 Å². The van der Waals surface area contributed by atoms with E-state index in [0.29, 0.717) is 6.42 Å². The highest BCUT2D eigenvalue weighted by molar-refractivity contribution is 5.95. The van der Waals surface area contributed by atoms with Gasteiger partial charge in [-0.3, -0.25) is 9.59 Å². The Bertz CT molecular complexity index is 1130. The number of amides is 1. The van der Waals surface area contributed by atoms with E-state index in [1.807, 2.05) is 26.8 Å². The van der Waals surface area contributed by atoms with Crippen LogP contribution in [0.3, 0.4) is 0 Å². The van der Waals surface area contributed by atoms with Gasteiger partial charge in [-0.2, -0.15) is 5.10 Å². The van der Waals surface area contributed by atoms with Gasteiger partial charge in [-0.1, -0.05) is 0 Å². The molecule has 30 heavy (non-hydrogen) atoms. The highest BCUT2D eigenvalue weighted by Gasteiger charge is 2.19. The van der Waals surface area contributed by atoms with Crippen molar-refractivity contribution in [1.29, 1.82) is 0 Å². The molecule has 0 fully saturated rings. The number of carbonyl (C=O) groups is 2. The lowest BCUT2D eigenvalue weighted by atomic mass is 10.1. The van der Waals surface area contributed by atoms with Crippen molar-refractivity contribution < 1.29 is 23.1 Å². The Morgan fingerprint density at radius 3 is 2.60 bits per heavy atom. The van der Waals surface area contributed by atoms with Crippen LogP contribution in [0.5, 0.6) is 0 Å². The quantitative estimate of drug-likeness (QED) is 0.622. The van der Waals surface area contributed by atoms with E-state index >= 15 is 0 Å². The predicted octanol–water partition coefficient (Wildman–Crippen LogP) is 3.44. The van der Waals surface area contributed by atoms with Crippen molar-refractivity contribution in [2.75, 3.05) is 5.32 Å². The van der Waals surface area contributed by atoms with Crippen LogP contribution < -0.4 is 5.32 Å². The zero-order valence-corrected chi connectivity index (χ0v) is 17.1. The van der Waals surface area contributed by atoms with E-state index in [-0.39, 0.29) is 12.1 Å². The minimum absolute atomic E-state index is 0.0535. The van der Waals surface area contributed by atoms with E-state index < -0.39 is 29.6 Å². The van der Waals surface area contributed by atoms with Gasteiger partial charge in [0.25, 0.3) is 5.91 Å². The number of nitrogens with one attached hydrogen (secondary N) is 1. The van der Waals surface area contributed by atoms with Gasteiger partial charge in [0.15, 0.2) is 23.4 Å². The van der Waals surface area contributed by atoms with Gasteiger partial charge in [0.2, 0.25) is 0 Å². The fourth-order valence-electron chi connectivity index (χ4n) is 3.16. The summed E-state index contributed by atoms with van der Waals surface area (Å²) in [7, 11) is 0. The van der Waals surface area contributed by atoms with Crippen molar-refractivity contribution in [3.05, 3.63) is 58.5 Å². The molecule has 0 spiro atoms. The van der Waals surface area contributed by atoms with Gasteiger partial charge in [0.1, 0.15) is 0 Å². The SMILES string of the molecule is Cc1cc2nc(C)c(CCC(=O)O[C@@H](C)C(=O)Nc3ccc(F)c(F)c3)c(C)n2n1. The normalized spacial score (nSPS) is 12.1. The van der Waals surface area contributed by atoms with Crippen molar-refractivity contribution in [3.63, 3.8) is 0 Å². The summed E-state index contributed by atoms with van der Waals surface area (Å²) < 4.78 is 33.1. The van der Waals surface area contributed by atoms with Crippen LogP contribution in [0.15, 0.2) is 24.3 Å². The second-order valence-corrected chi connectivity index (χ2v) is 7.07. The van der Waals surface area contributed by atoms with Gasteiger partial charge < -0.3 is 10.1 Å². The fourth-order valence-corrected chi connectivity index (χ4v) is 3.16. The molecule has 0 aliphatic rings. The summed E-state index contributed by atoms with van der Waals surface area (Å²) in [5, 5.41) is 6.78. The van der Waals surface area contributed by atoms with E-state index in [9.17, 15) is 18.4 Å². The molecule has 0 saturated carbocycles. The minimum atomic E-state index is -1.10. The molecule has 1 aromatic carbocycles. The predicted molar refractivity (Wildman–Crippen MR) is 106 cm³/mol. The summed E-state index contributed by atoms with van der Waals surface area (Å²) in [6.45, 7) is 7.07. The van der Waals surface area contributed by atoms with Crippen LogP contribution in [-0.2, 0) is 20.7 Å². The van der Waals surface area contributed by atoms with E-state index in [0.717, 1.165) is 40.4 Å². The topological polar surface area (TPSA) is 85.6 Å². The smallest absolute Gasteiger partial charge is 0.306 e. The monoisotopic (exact) mass is 416 g/mol. The number of halogens is 2. The zero-order valence-electron chi connectivity index (χ0n) is 17.1. The molecule has 0 aliphatic heterocycles. The molecule has 2 aromatic heterocycles. The van der Waals surface area contributed by atoms with Crippen LogP contribution in [-0.4, -0.2) is 32.6 Å². The highest BCUT2D eigenvalue weighted by Crippen LogP contribution is 2.18. The lowest BCUT2D eigenvalue weighted by Crippen LogP contribution is -2.30. The van der Waals surface area contributed by atoms with Crippen molar-refractivity contribution in [1.82, 2.24) is 14.6 Å². The highest BCUT2D eigenvalue weighted by atomic mass is 19.2. The summed E-state index contributed by atoms with van der Waals surface area (Å²) in [6, 6.07) is 4.85. The number of rotatable bonds is 6. The van der Waals surface area contributed by atoms with Gasteiger partial charge in [-0.15, -0.1) is 0 Å². The summed E-state index contributed by atoms with van der Waals surface area (Å²) >= 11 is 0. The Morgan fingerprint density at radius 1 is 1.17 bits per heavy atom. The first-order valence-electron chi connectivity index (χ1n) is 9.43. The molecule has 0 unspecified atom stereocenters. The first-order chi connectivity index (χ1) is 14.2. The number of esters is 1. The Labute approximate surface area is 172 Å². The van der Waals surface area contributed by atoms with Crippen molar-refractivity contribution in [3.8, 4) is 0 Å². The van der Waals surface area contributed by atoms with E-state index in [1.54, 1.807) is 4.52 Å². The summed E-state index contributed by atoms with van der Waals surface area (Å²) in [6.07, 6.45) is -0.657. The van der Waals surface area contributed by atoms with Crippen LogP contribution in [0.4, 0.5) is 14.5 Å². The maximum absolute atomic E-state index is 13.2. The molecule has 0 radical (unpaired) electrons. The lowest BCUT2D eigenvalue weighted by Gasteiger charge is -2.14. The third kappa shape index (κ3) is 4.61. The average Bonchev–Trinajstić information content (AvgIpc) is 3.04. The van der Waals surface area contributed by atoms with Crippen LogP contribution >= 0.6 is 0 Å². The number of hydrogen-bond donors (Lipinski definition) is 1. The molecule has 3 aromatic rings. The number of nitrogens with zero attached hydrogens (tertiary/aromatic N) is 3. The number of aromatic nitrogens is 3. The van der Waals surface area contributed by atoms with Crippen LogP contribution in [0, 0.1) is 32.4 Å². The largest absolute Gasteiger partial charge is 0.453 e. The van der Waals surface area contributed by atoms with E-state index in [1.165, 1.54) is 13.0 Å². The summed E-state index contributed by atoms with van der Waals surface area (Å²) in [5.41, 5.74) is 4.25. The second-order valence-electron chi connectivity index (χ2n) is 7.07. The van der Waals surface area contributed by atoms with Crippen molar-refractivity contribution in [2.45, 2.75) is 46.6 Å². The first kappa shape index (κ1) is 21.4. The number of fused-ring (bicyclic) bond motifs is 1. The number of ether oxygens (including phenoxy) is 1. The third-order valence-corrected chi connectivity index (χ3v) is 4.73. The molecule has 2 heterocycles. The number of benzene rings is 1. The molecular formula is C21H22F2N4O3. The Kier molecular flexibility index (Phi) is 6.09. The van der Waals surface area contributed by atoms with Gasteiger partial charge in [-0.25, -0.2) is 18.3 Å². The summed E-state index contributed by atoms with van der Waals surface area (Å²) in [4.78, 5) is 28.9. The molecule has 158 valence electrons. The van der Waals surface area contributed by atoms with Crippen molar-refractivity contribution >= 4 is 23.2 Å². The molecule has 1 atom stereocenters. The molecular weight excluding hydrogens is 394 g/mol. The molecule has 1 N–H and O–H groups in total. The summed E-state index contributed by atoms with van der Waals surface area (Å²) in [5.74, 6) is -3.30. The first-order valence-corrected chi connectivity index (χ1v) is 9.43. The number of aryl methyl sites for hydroxylation is 3.